The molecule has 0 heterocycles. The smallest absolute Gasteiger partial charge is 0.137 e. The van der Waals surface area contributed by atoms with Gasteiger partial charge < -0.3 is 9.84 Å². The summed E-state index contributed by atoms with van der Waals surface area (Å²) in [7, 11) is 0. The van der Waals surface area contributed by atoms with Crippen LogP contribution in [0.25, 0.3) is 0 Å². The molecule has 0 bridgehead atoms. The first-order valence-electron chi connectivity index (χ1n) is 6.02. The Labute approximate surface area is 133 Å². The lowest BCUT2D eigenvalue weighted by Crippen LogP contribution is -2.02. The fourth-order valence-corrected chi connectivity index (χ4v) is 2.55. The van der Waals surface area contributed by atoms with Crippen molar-refractivity contribution in [3.8, 4) is 5.75 Å². The molecule has 5 heteroatoms. The molecule has 0 spiro atoms. The van der Waals surface area contributed by atoms with Gasteiger partial charge in [-0.3, -0.25) is 0 Å². The van der Waals surface area contributed by atoms with Gasteiger partial charge in [-0.05, 0) is 47.1 Å². The van der Waals surface area contributed by atoms with E-state index in [1.54, 1.807) is 31.2 Å². The Morgan fingerprint density at radius 3 is 2.70 bits per heavy atom. The third-order valence-electron chi connectivity index (χ3n) is 2.84. The van der Waals surface area contributed by atoms with E-state index in [2.05, 4.69) is 31.9 Å². The van der Waals surface area contributed by atoms with Gasteiger partial charge in [0, 0.05) is 15.6 Å². The molecule has 2 aromatic carbocycles. The maximum Gasteiger partial charge on any atom is 0.137 e. The minimum absolute atomic E-state index is 0.222. The van der Waals surface area contributed by atoms with Crippen LogP contribution < -0.4 is 4.74 Å². The minimum Gasteiger partial charge on any atom is -0.488 e. The zero-order valence-corrected chi connectivity index (χ0v) is 13.9. The van der Waals surface area contributed by atoms with Crippen molar-refractivity contribution in [2.45, 2.75) is 19.6 Å². The zero-order chi connectivity index (χ0) is 14.7. The van der Waals surface area contributed by atoms with E-state index in [0.29, 0.717) is 21.3 Å². The summed E-state index contributed by atoms with van der Waals surface area (Å²) < 4.78 is 20.4. The van der Waals surface area contributed by atoms with Crippen molar-refractivity contribution in [3.63, 3.8) is 0 Å². The van der Waals surface area contributed by atoms with Gasteiger partial charge in [-0.25, -0.2) is 4.39 Å². The average molecular weight is 404 g/mol. The van der Waals surface area contributed by atoms with Gasteiger partial charge in [0.25, 0.3) is 0 Å². The van der Waals surface area contributed by atoms with E-state index in [9.17, 15) is 9.50 Å². The molecule has 0 amide bonds. The Hall–Kier alpha value is -0.910. The molecule has 2 aromatic rings. The molecule has 0 aliphatic rings. The van der Waals surface area contributed by atoms with Gasteiger partial charge in [0.05, 0.1) is 10.6 Å². The Bertz CT molecular complexity index is 615. The highest BCUT2D eigenvalue weighted by Crippen LogP contribution is 2.30. The predicted octanol–water partition coefficient (Wildman–Crippen LogP) is 4.98. The number of ether oxygens (including phenoxy) is 1. The van der Waals surface area contributed by atoms with Gasteiger partial charge in [-0.2, -0.15) is 0 Å². The highest BCUT2D eigenvalue weighted by Gasteiger charge is 2.11. The van der Waals surface area contributed by atoms with Crippen molar-refractivity contribution in [3.05, 3.63) is 62.3 Å². The van der Waals surface area contributed by atoms with Crippen LogP contribution in [0.2, 0.25) is 0 Å². The zero-order valence-electron chi connectivity index (χ0n) is 10.7. The maximum absolute atomic E-state index is 13.4. The molecule has 106 valence electrons. The topological polar surface area (TPSA) is 29.5 Å². The standard InChI is InChI=1S/C15H13Br2FO2/c1-9(19)12-7-11(16)5-6-14(12)20-8-10-3-2-4-13(18)15(10)17/h2-7,9,19H,8H2,1H3. The summed E-state index contributed by atoms with van der Waals surface area (Å²) in [5.41, 5.74) is 1.40. The monoisotopic (exact) mass is 402 g/mol. The number of aliphatic hydroxyl groups is 1. The van der Waals surface area contributed by atoms with E-state index in [4.69, 9.17) is 4.74 Å². The fraction of sp³-hybridized carbons (Fsp3) is 0.200. The van der Waals surface area contributed by atoms with Gasteiger partial charge in [-0.15, -0.1) is 0 Å². The summed E-state index contributed by atoms with van der Waals surface area (Å²) >= 11 is 6.56. The Balaban J connectivity index is 2.21. The number of hydrogen-bond acceptors (Lipinski definition) is 2. The molecule has 1 atom stereocenters. The van der Waals surface area contributed by atoms with Crippen LogP contribution in [-0.2, 0) is 6.61 Å². The van der Waals surface area contributed by atoms with Gasteiger partial charge in [0.2, 0.25) is 0 Å². The van der Waals surface area contributed by atoms with Crippen molar-refractivity contribution in [1.29, 1.82) is 0 Å². The lowest BCUT2D eigenvalue weighted by Gasteiger charge is -2.14. The van der Waals surface area contributed by atoms with Crippen LogP contribution in [0.3, 0.4) is 0 Å². The largest absolute Gasteiger partial charge is 0.488 e. The Morgan fingerprint density at radius 1 is 1.25 bits per heavy atom. The highest BCUT2D eigenvalue weighted by molar-refractivity contribution is 9.10. The molecule has 0 aliphatic heterocycles. The van der Waals surface area contributed by atoms with Crippen molar-refractivity contribution in [1.82, 2.24) is 0 Å². The van der Waals surface area contributed by atoms with Crippen LogP contribution >= 0.6 is 31.9 Å². The number of hydrogen-bond donors (Lipinski definition) is 1. The van der Waals surface area contributed by atoms with Gasteiger partial charge in [0.1, 0.15) is 18.2 Å². The lowest BCUT2D eigenvalue weighted by molar-refractivity contribution is 0.190. The van der Waals surface area contributed by atoms with Crippen molar-refractivity contribution in [2.24, 2.45) is 0 Å². The maximum atomic E-state index is 13.4. The third kappa shape index (κ3) is 3.59. The molecule has 0 fully saturated rings. The van der Waals surface area contributed by atoms with Gasteiger partial charge in [-0.1, -0.05) is 28.1 Å². The predicted molar refractivity (Wildman–Crippen MR) is 83.2 cm³/mol. The fourth-order valence-electron chi connectivity index (χ4n) is 1.79. The number of aliphatic hydroxyl groups excluding tert-OH is 1. The molecule has 1 unspecified atom stereocenters. The first kappa shape index (κ1) is 15.5. The lowest BCUT2D eigenvalue weighted by atomic mass is 10.1. The summed E-state index contributed by atoms with van der Waals surface area (Å²) in [6, 6.07) is 10.2. The van der Waals surface area contributed by atoms with E-state index >= 15 is 0 Å². The first-order valence-corrected chi connectivity index (χ1v) is 7.61. The minimum atomic E-state index is -0.640. The van der Waals surface area contributed by atoms with E-state index in [1.165, 1.54) is 6.07 Å². The summed E-state index contributed by atoms with van der Waals surface area (Å²) in [5.74, 6) is 0.261. The van der Waals surface area contributed by atoms with Crippen LogP contribution in [0.1, 0.15) is 24.2 Å². The van der Waals surface area contributed by atoms with Crippen LogP contribution in [0, 0.1) is 5.82 Å². The summed E-state index contributed by atoms with van der Waals surface area (Å²) in [4.78, 5) is 0. The van der Waals surface area contributed by atoms with Crippen LogP contribution in [0.4, 0.5) is 4.39 Å². The molecule has 0 aromatic heterocycles. The van der Waals surface area contributed by atoms with Crippen LogP contribution in [-0.4, -0.2) is 5.11 Å². The quantitative estimate of drug-likeness (QED) is 0.779. The SMILES string of the molecule is CC(O)c1cc(Br)ccc1OCc1cccc(F)c1Br. The van der Waals surface area contributed by atoms with E-state index < -0.39 is 6.10 Å². The number of rotatable bonds is 4. The van der Waals surface area contributed by atoms with Crippen molar-refractivity contribution >= 4 is 31.9 Å². The summed E-state index contributed by atoms with van der Waals surface area (Å²) in [6.07, 6.45) is -0.640. The molecule has 2 rings (SSSR count). The van der Waals surface area contributed by atoms with Crippen LogP contribution in [0.5, 0.6) is 5.75 Å². The second kappa shape index (κ2) is 6.70. The summed E-state index contributed by atoms with van der Waals surface area (Å²) in [5, 5.41) is 9.75. The molecular formula is C15H13Br2FO2. The molecule has 0 saturated heterocycles. The molecule has 0 aliphatic carbocycles. The third-order valence-corrected chi connectivity index (χ3v) is 4.22. The molecule has 0 saturated carbocycles. The van der Waals surface area contributed by atoms with E-state index in [-0.39, 0.29) is 12.4 Å². The first-order chi connectivity index (χ1) is 9.49. The Morgan fingerprint density at radius 2 is 2.00 bits per heavy atom. The molecule has 20 heavy (non-hydrogen) atoms. The number of benzene rings is 2. The average Bonchev–Trinajstić information content (AvgIpc) is 2.41. The second-order valence-corrected chi connectivity index (χ2v) is 6.07. The molecular weight excluding hydrogens is 391 g/mol. The van der Waals surface area contributed by atoms with Gasteiger partial charge >= 0.3 is 0 Å². The highest BCUT2D eigenvalue weighted by atomic mass is 79.9. The van der Waals surface area contributed by atoms with Crippen molar-refractivity contribution < 1.29 is 14.2 Å². The van der Waals surface area contributed by atoms with Crippen molar-refractivity contribution in [2.75, 3.05) is 0 Å². The molecule has 2 nitrogen and oxygen atoms in total. The van der Waals surface area contributed by atoms with E-state index in [0.717, 1.165) is 4.47 Å². The molecule has 1 N–H and O–H groups in total. The summed E-state index contributed by atoms with van der Waals surface area (Å²) in [6.45, 7) is 1.90. The number of halogens is 3. The van der Waals surface area contributed by atoms with Gasteiger partial charge in [0.15, 0.2) is 0 Å². The normalized spacial score (nSPS) is 12.2. The second-order valence-electron chi connectivity index (χ2n) is 4.36. The molecule has 0 radical (unpaired) electrons. The Kier molecular flexibility index (Phi) is 5.18. The van der Waals surface area contributed by atoms with Crippen LogP contribution in [0.15, 0.2) is 45.3 Å². The van der Waals surface area contributed by atoms with E-state index in [1.807, 2.05) is 6.07 Å².